The number of imide groups is 1. The van der Waals surface area contributed by atoms with Crippen LogP contribution in [0.5, 0.6) is 5.75 Å². The van der Waals surface area contributed by atoms with E-state index in [1.165, 1.54) is 24.3 Å². The minimum Gasteiger partial charge on any atom is -0.484 e. The van der Waals surface area contributed by atoms with E-state index >= 15 is 0 Å². The summed E-state index contributed by atoms with van der Waals surface area (Å²) >= 11 is 0. The highest BCUT2D eigenvalue weighted by Gasteiger charge is 2.27. The van der Waals surface area contributed by atoms with Crippen LogP contribution in [0.2, 0.25) is 0 Å². The van der Waals surface area contributed by atoms with E-state index in [1.807, 2.05) is 0 Å². The summed E-state index contributed by atoms with van der Waals surface area (Å²) in [4.78, 5) is 35.0. The van der Waals surface area contributed by atoms with Crippen LogP contribution in [-0.2, 0) is 9.59 Å². The molecule has 0 atom stereocenters. The summed E-state index contributed by atoms with van der Waals surface area (Å²) in [7, 11) is 0. The van der Waals surface area contributed by atoms with Gasteiger partial charge in [0.25, 0.3) is 5.91 Å². The van der Waals surface area contributed by atoms with Crippen LogP contribution in [0.4, 0.5) is 9.18 Å². The topological polar surface area (TPSA) is 87.7 Å². The monoisotopic (exact) mass is 295 g/mol. The second-order valence-electron chi connectivity index (χ2n) is 4.30. The zero-order chi connectivity index (χ0) is 15.2. The number of nitrogens with zero attached hydrogens (tertiary/aromatic N) is 1. The van der Waals surface area contributed by atoms with Crippen LogP contribution >= 0.6 is 0 Å². The average molecular weight is 295 g/mol. The van der Waals surface area contributed by atoms with Gasteiger partial charge in [0.05, 0.1) is 6.54 Å². The van der Waals surface area contributed by atoms with E-state index in [0.717, 1.165) is 4.90 Å². The molecule has 1 saturated heterocycles. The van der Waals surface area contributed by atoms with E-state index in [-0.39, 0.29) is 38.0 Å². The fraction of sp³-hybridized carbons (Fsp3) is 0.308. The molecule has 0 bridgehead atoms. The first-order valence-corrected chi connectivity index (χ1v) is 6.29. The molecular weight excluding hydrogens is 281 g/mol. The van der Waals surface area contributed by atoms with Crippen molar-refractivity contribution < 1.29 is 23.5 Å². The maximum absolute atomic E-state index is 12.7. The number of ether oxygens (including phenoxy) is 1. The van der Waals surface area contributed by atoms with Crippen molar-refractivity contribution in [3.05, 3.63) is 30.1 Å². The van der Waals surface area contributed by atoms with Crippen molar-refractivity contribution in [2.75, 3.05) is 26.2 Å². The van der Waals surface area contributed by atoms with E-state index in [0.29, 0.717) is 5.75 Å². The number of halogens is 1. The van der Waals surface area contributed by atoms with Crippen molar-refractivity contribution in [2.24, 2.45) is 0 Å². The molecule has 1 aromatic rings. The number of hydrogen-bond acceptors (Lipinski definition) is 4. The van der Waals surface area contributed by atoms with Crippen molar-refractivity contribution in [1.29, 1.82) is 0 Å². The number of amides is 4. The van der Waals surface area contributed by atoms with E-state index in [4.69, 9.17) is 4.74 Å². The van der Waals surface area contributed by atoms with Gasteiger partial charge in [-0.3, -0.25) is 14.5 Å². The van der Waals surface area contributed by atoms with Gasteiger partial charge < -0.3 is 15.4 Å². The Bertz CT molecular complexity index is 531. The molecule has 4 amide bonds. The SMILES string of the molecule is O=C(COc1ccc(F)cc1)NCCN1C(=O)CNC1=O. The van der Waals surface area contributed by atoms with Gasteiger partial charge in [-0.15, -0.1) is 0 Å². The van der Waals surface area contributed by atoms with Crippen molar-refractivity contribution in [3.63, 3.8) is 0 Å². The zero-order valence-electron chi connectivity index (χ0n) is 11.1. The van der Waals surface area contributed by atoms with Crippen LogP contribution in [0.25, 0.3) is 0 Å². The molecule has 112 valence electrons. The first-order valence-electron chi connectivity index (χ1n) is 6.29. The van der Waals surface area contributed by atoms with Gasteiger partial charge in [0.15, 0.2) is 6.61 Å². The maximum Gasteiger partial charge on any atom is 0.324 e. The molecule has 0 aromatic heterocycles. The molecule has 1 fully saturated rings. The standard InChI is InChI=1S/C13H14FN3O4/c14-9-1-3-10(4-2-9)21-8-11(18)15-5-6-17-12(19)7-16-13(17)20/h1-4H,5-8H2,(H,15,18)(H,16,20). The highest BCUT2D eigenvalue weighted by Crippen LogP contribution is 2.10. The lowest BCUT2D eigenvalue weighted by Crippen LogP contribution is -2.39. The van der Waals surface area contributed by atoms with Crippen molar-refractivity contribution in [2.45, 2.75) is 0 Å². The molecule has 7 nitrogen and oxygen atoms in total. The molecule has 1 aliphatic rings. The summed E-state index contributed by atoms with van der Waals surface area (Å²) in [6.45, 7) is 0.00393. The number of benzene rings is 1. The van der Waals surface area contributed by atoms with Crippen molar-refractivity contribution in [1.82, 2.24) is 15.5 Å². The van der Waals surface area contributed by atoms with Gasteiger partial charge in [0.1, 0.15) is 11.6 Å². The molecule has 2 N–H and O–H groups in total. The normalized spacial score (nSPS) is 14.0. The Labute approximate surface area is 120 Å². The highest BCUT2D eigenvalue weighted by molar-refractivity contribution is 6.01. The van der Waals surface area contributed by atoms with Crippen LogP contribution in [0, 0.1) is 5.82 Å². The fourth-order valence-corrected chi connectivity index (χ4v) is 1.72. The van der Waals surface area contributed by atoms with E-state index < -0.39 is 11.9 Å². The quantitative estimate of drug-likeness (QED) is 0.716. The summed E-state index contributed by atoms with van der Waals surface area (Å²) in [5.41, 5.74) is 0. The van der Waals surface area contributed by atoms with Gasteiger partial charge in [0.2, 0.25) is 5.91 Å². The molecule has 0 unspecified atom stereocenters. The number of carbonyl (C=O) groups is 3. The first-order chi connectivity index (χ1) is 10.1. The van der Waals surface area contributed by atoms with Gasteiger partial charge >= 0.3 is 6.03 Å². The van der Waals surface area contributed by atoms with E-state index in [1.54, 1.807) is 0 Å². The third kappa shape index (κ3) is 4.16. The Morgan fingerprint density at radius 1 is 1.33 bits per heavy atom. The number of urea groups is 1. The first kappa shape index (κ1) is 14.8. The molecule has 8 heteroatoms. The molecule has 1 aromatic carbocycles. The Kier molecular flexibility index (Phi) is 4.70. The lowest BCUT2D eigenvalue weighted by atomic mass is 10.3. The third-order valence-corrected chi connectivity index (χ3v) is 2.78. The molecule has 1 heterocycles. The summed E-state index contributed by atoms with van der Waals surface area (Å²) in [6.07, 6.45) is 0. The Morgan fingerprint density at radius 2 is 2.05 bits per heavy atom. The van der Waals surface area contributed by atoms with Crippen LogP contribution in [0.3, 0.4) is 0 Å². The summed E-state index contributed by atoms with van der Waals surface area (Å²) in [5, 5.41) is 4.90. The minimum atomic E-state index is -0.461. The predicted octanol–water partition coefficient (Wildman–Crippen LogP) is -0.128. The van der Waals surface area contributed by atoms with Crippen LogP contribution < -0.4 is 15.4 Å². The lowest BCUT2D eigenvalue weighted by Gasteiger charge is -2.13. The Morgan fingerprint density at radius 3 is 2.67 bits per heavy atom. The molecule has 0 saturated carbocycles. The third-order valence-electron chi connectivity index (χ3n) is 2.78. The zero-order valence-corrected chi connectivity index (χ0v) is 11.1. The second kappa shape index (κ2) is 6.69. The maximum atomic E-state index is 12.7. The average Bonchev–Trinajstić information content (AvgIpc) is 2.78. The fourth-order valence-electron chi connectivity index (χ4n) is 1.72. The van der Waals surface area contributed by atoms with E-state index in [9.17, 15) is 18.8 Å². The largest absolute Gasteiger partial charge is 0.484 e. The highest BCUT2D eigenvalue weighted by atomic mass is 19.1. The molecule has 0 aliphatic carbocycles. The van der Waals surface area contributed by atoms with Crippen molar-refractivity contribution >= 4 is 17.8 Å². The minimum absolute atomic E-state index is 0.0134. The molecular formula is C13H14FN3O4. The van der Waals surface area contributed by atoms with Gasteiger partial charge in [-0.1, -0.05) is 0 Å². The van der Waals surface area contributed by atoms with E-state index in [2.05, 4.69) is 10.6 Å². The molecule has 21 heavy (non-hydrogen) atoms. The van der Waals surface area contributed by atoms with Crippen LogP contribution in [-0.4, -0.2) is 49.0 Å². The van der Waals surface area contributed by atoms with Gasteiger partial charge in [-0.05, 0) is 24.3 Å². The molecule has 0 spiro atoms. The number of rotatable bonds is 6. The number of nitrogens with one attached hydrogen (secondary N) is 2. The lowest BCUT2D eigenvalue weighted by molar-refractivity contribution is -0.126. The van der Waals surface area contributed by atoms with Gasteiger partial charge in [-0.25, -0.2) is 9.18 Å². The molecule has 1 aliphatic heterocycles. The Hall–Kier alpha value is -2.64. The predicted molar refractivity (Wildman–Crippen MR) is 70.0 cm³/mol. The summed E-state index contributed by atoms with van der Waals surface area (Å²) in [5.74, 6) is -0.732. The van der Waals surface area contributed by atoms with Crippen LogP contribution in [0.15, 0.2) is 24.3 Å². The summed E-state index contributed by atoms with van der Waals surface area (Å²) in [6, 6.07) is 4.82. The van der Waals surface area contributed by atoms with Crippen molar-refractivity contribution in [3.8, 4) is 5.75 Å². The Balaban J connectivity index is 1.67. The summed E-state index contributed by atoms with van der Waals surface area (Å²) < 4.78 is 17.8. The number of carbonyl (C=O) groups excluding carboxylic acids is 3. The smallest absolute Gasteiger partial charge is 0.324 e. The second-order valence-corrected chi connectivity index (χ2v) is 4.30. The number of hydrogen-bond donors (Lipinski definition) is 2. The molecule has 2 rings (SSSR count). The molecule has 0 radical (unpaired) electrons. The van der Waals surface area contributed by atoms with Gasteiger partial charge in [-0.2, -0.15) is 0 Å². The van der Waals surface area contributed by atoms with Gasteiger partial charge in [0, 0.05) is 13.1 Å². The van der Waals surface area contributed by atoms with Crippen LogP contribution in [0.1, 0.15) is 0 Å².